The van der Waals surface area contributed by atoms with E-state index in [0.29, 0.717) is 5.75 Å². The monoisotopic (exact) mass is 265 g/mol. The highest BCUT2D eigenvalue weighted by Gasteiger charge is 2.33. The molecule has 1 heterocycles. The minimum absolute atomic E-state index is 0.0159. The summed E-state index contributed by atoms with van der Waals surface area (Å²) in [6.07, 6.45) is 0.250. The van der Waals surface area contributed by atoms with Crippen molar-refractivity contribution in [1.82, 2.24) is 4.90 Å². The lowest BCUT2D eigenvalue weighted by molar-refractivity contribution is -0.0949. The largest absolute Gasteiger partial charge is 0.504 e. The lowest BCUT2D eigenvalue weighted by atomic mass is 9.99. The molecule has 0 spiro atoms. The molecular formula is C15H23NO3. The number of hydrogen-bond acceptors (Lipinski definition) is 4. The number of methoxy groups -OCH3 is 1. The van der Waals surface area contributed by atoms with Crippen molar-refractivity contribution < 1.29 is 14.6 Å². The third-order valence-corrected chi connectivity index (χ3v) is 3.67. The smallest absolute Gasteiger partial charge is 0.160 e. The minimum Gasteiger partial charge on any atom is -0.504 e. The quantitative estimate of drug-likeness (QED) is 0.911. The van der Waals surface area contributed by atoms with Crippen LogP contribution in [-0.2, 0) is 11.3 Å². The zero-order valence-corrected chi connectivity index (χ0v) is 12.1. The van der Waals surface area contributed by atoms with Gasteiger partial charge in [-0.2, -0.15) is 0 Å². The van der Waals surface area contributed by atoms with Gasteiger partial charge in [-0.3, -0.25) is 4.90 Å². The summed E-state index contributed by atoms with van der Waals surface area (Å²) in [7, 11) is 1.56. The molecule has 0 unspecified atom stereocenters. The normalized spacial score (nSPS) is 23.3. The van der Waals surface area contributed by atoms with E-state index in [9.17, 15) is 5.11 Å². The molecule has 2 rings (SSSR count). The van der Waals surface area contributed by atoms with Gasteiger partial charge in [0, 0.05) is 18.6 Å². The number of rotatable bonds is 3. The van der Waals surface area contributed by atoms with E-state index in [1.54, 1.807) is 13.2 Å². The van der Waals surface area contributed by atoms with Gasteiger partial charge in [-0.15, -0.1) is 0 Å². The molecule has 1 fully saturated rings. The Morgan fingerprint density at radius 1 is 1.47 bits per heavy atom. The fourth-order valence-electron chi connectivity index (χ4n) is 2.38. The number of phenols is 1. The Kier molecular flexibility index (Phi) is 4.02. The number of morpholine rings is 1. The summed E-state index contributed by atoms with van der Waals surface area (Å²) in [5.74, 6) is 0.706. The maximum absolute atomic E-state index is 9.83. The minimum atomic E-state index is 0.0159. The van der Waals surface area contributed by atoms with Crippen molar-refractivity contribution >= 4 is 0 Å². The molecule has 0 aromatic heterocycles. The summed E-state index contributed by atoms with van der Waals surface area (Å²) in [6, 6.07) is 5.57. The summed E-state index contributed by atoms with van der Waals surface area (Å²) < 4.78 is 10.8. The lowest BCUT2D eigenvalue weighted by Gasteiger charge is -2.44. The number of ether oxygens (including phenoxy) is 2. The van der Waals surface area contributed by atoms with Gasteiger partial charge >= 0.3 is 0 Å². The average molecular weight is 265 g/mol. The molecule has 4 heteroatoms. The van der Waals surface area contributed by atoms with Crippen molar-refractivity contribution in [3.05, 3.63) is 23.8 Å². The highest BCUT2D eigenvalue weighted by atomic mass is 16.5. The molecule has 1 aliphatic heterocycles. The van der Waals surface area contributed by atoms with Crippen LogP contribution in [-0.4, -0.2) is 41.9 Å². The molecule has 0 radical (unpaired) electrons. The predicted octanol–water partition coefficient (Wildman–Crippen LogP) is 2.40. The molecule has 106 valence electrons. The number of benzene rings is 1. The summed E-state index contributed by atoms with van der Waals surface area (Å²) in [5.41, 5.74) is 1.10. The van der Waals surface area contributed by atoms with Gasteiger partial charge in [-0.05, 0) is 38.5 Å². The van der Waals surface area contributed by atoms with Crippen LogP contribution in [0.25, 0.3) is 0 Å². The third kappa shape index (κ3) is 3.19. The van der Waals surface area contributed by atoms with Crippen molar-refractivity contribution in [1.29, 1.82) is 0 Å². The highest BCUT2D eigenvalue weighted by molar-refractivity contribution is 5.41. The van der Waals surface area contributed by atoms with Crippen molar-refractivity contribution in [3.63, 3.8) is 0 Å². The van der Waals surface area contributed by atoms with Gasteiger partial charge in [0.2, 0.25) is 0 Å². The number of phenolic OH excluding ortho intramolecular Hbond substituents is 1. The van der Waals surface area contributed by atoms with Crippen LogP contribution in [0.4, 0.5) is 0 Å². The summed E-state index contributed by atoms with van der Waals surface area (Å²) >= 11 is 0. The Labute approximate surface area is 114 Å². The molecule has 1 aromatic carbocycles. The Hall–Kier alpha value is -1.26. The molecule has 1 atom stereocenters. The number of aromatic hydroxyl groups is 1. The first-order chi connectivity index (χ1) is 8.92. The van der Waals surface area contributed by atoms with Gasteiger partial charge in [-0.1, -0.05) is 6.07 Å². The molecule has 0 amide bonds. The van der Waals surface area contributed by atoms with Gasteiger partial charge < -0.3 is 14.6 Å². The van der Waals surface area contributed by atoms with Gasteiger partial charge in [-0.25, -0.2) is 0 Å². The average Bonchev–Trinajstić information content (AvgIpc) is 2.35. The Morgan fingerprint density at radius 2 is 2.21 bits per heavy atom. The Bertz CT molecular complexity index is 445. The number of nitrogens with zero attached hydrogens (tertiary/aromatic N) is 1. The van der Waals surface area contributed by atoms with Gasteiger partial charge in [0.05, 0.1) is 19.8 Å². The molecule has 19 heavy (non-hydrogen) atoms. The lowest BCUT2D eigenvalue weighted by Crippen LogP contribution is -2.54. The fraction of sp³-hybridized carbons (Fsp3) is 0.600. The van der Waals surface area contributed by atoms with E-state index >= 15 is 0 Å². The van der Waals surface area contributed by atoms with Crippen molar-refractivity contribution in [2.24, 2.45) is 0 Å². The van der Waals surface area contributed by atoms with Gasteiger partial charge in [0.1, 0.15) is 0 Å². The second-order valence-electron chi connectivity index (χ2n) is 5.82. The molecule has 1 N–H and O–H groups in total. The van der Waals surface area contributed by atoms with E-state index in [4.69, 9.17) is 9.47 Å². The first kappa shape index (κ1) is 14.2. The van der Waals surface area contributed by atoms with Crippen molar-refractivity contribution in [2.75, 3.05) is 20.3 Å². The summed E-state index contributed by atoms with van der Waals surface area (Å²) in [6.45, 7) is 8.90. The zero-order chi connectivity index (χ0) is 14.0. The molecule has 4 nitrogen and oxygen atoms in total. The first-order valence-corrected chi connectivity index (χ1v) is 6.65. The Balaban J connectivity index is 2.13. The van der Waals surface area contributed by atoms with Crippen molar-refractivity contribution in [2.45, 2.75) is 39.0 Å². The zero-order valence-electron chi connectivity index (χ0n) is 12.1. The fourth-order valence-corrected chi connectivity index (χ4v) is 2.38. The van der Waals surface area contributed by atoms with E-state index in [-0.39, 0.29) is 17.4 Å². The van der Waals surface area contributed by atoms with Crippen molar-refractivity contribution in [3.8, 4) is 11.5 Å². The predicted molar refractivity (Wildman–Crippen MR) is 74.6 cm³/mol. The first-order valence-electron chi connectivity index (χ1n) is 6.65. The molecule has 1 aromatic rings. The second kappa shape index (κ2) is 5.39. The second-order valence-corrected chi connectivity index (χ2v) is 5.82. The van der Waals surface area contributed by atoms with Crippen LogP contribution in [0.2, 0.25) is 0 Å². The Morgan fingerprint density at radius 3 is 2.84 bits per heavy atom. The van der Waals surface area contributed by atoms with Crippen LogP contribution < -0.4 is 4.74 Å². The maximum atomic E-state index is 9.83. The molecule has 1 aliphatic rings. The van der Waals surface area contributed by atoms with Crippen LogP contribution in [0.3, 0.4) is 0 Å². The topological polar surface area (TPSA) is 41.9 Å². The van der Waals surface area contributed by atoms with E-state index in [1.807, 2.05) is 12.1 Å². The molecule has 0 bridgehead atoms. The van der Waals surface area contributed by atoms with E-state index in [1.165, 1.54) is 0 Å². The van der Waals surface area contributed by atoms with Crippen LogP contribution in [0.1, 0.15) is 26.3 Å². The van der Waals surface area contributed by atoms with Crippen LogP contribution in [0.5, 0.6) is 11.5 Å². The summed E-state index contributed by atoms with van der Waals surface area (Å²) in [5, 5.41) is 9.83. The molecular weight excluding hydrogens is 242 g/mol. The van der Waals surface area contributed by atoms with E-state index < -0.39 is 0 Å². The van der Waals surface area contributed by atoms with Crippen LogP contribution in [0.15, 0.2) is 18.2 Å². The van der Waals surface area contributed by atoms with E-state index in [2.05, 4.69) is 25.7 Å². The SMILES string of the molecule is COc1ccc(CN2C[C@H](C)OCC2(C)C)cc1O. The van der Waals surface area contributed by atoms with Gasteiger partial charge in [0.15, 0.2) is 11.5 Å². The summed E-state index contributed by atoms with van der Waals surface area (Å²) in [4.78, 5) is 2.39. The highest BCUT2D eigenvalue weighted by Crippen LogP contribution is 2.29. The van der Waals surface area contributed by atoms with Crippen LogP contribution >= 0.6 is 0 Å². The maximum Gasteiger partial charge on any atom is 0.160 e. The molecule has 0 saturated carbocycles. The standard InChI is InChI=1S/C15H23NO3/c1-11-8-16(15(2,3)10-19-11)9-12-5-6-14(18-4)13(17)7-12/h5-7,11,17H,8-10H2,1-4H3/t11-/m0/s1. The van der Waals surface area contributed by atoms with E-state index in [0.717, 1.165) is 25.3 Å². The molecule has 1 saturated heterocycles. The van der Waals surface area contributed by atoms with Crippen LogP contribution in [0, 0.1) is 0 Å². The third-order valence-electron chi connectivity index (χ3n) is 3.67. The molecule has 0 aliphatic carbocycles. The van der Waals surface area contributed by atoms with Gasteiger partial charge in [0.25, 0.3) is 0 Å². The number of hydrogen-bond donors (Lipinski definition) is 1.